The molecule has 6 nitrogen and oxygen atoms in total. The minimum Gasteiger partial charge on any atom is -0.385 e. The highest BCUT2D eigenvalue weighted by molar-refractivity contribution is 6.33. The van der Waals surface area contributed by atoms with Crippen molar-refractivity contribution in [1.29, 1.82) is 0 Å². The van der Waals surface area contributed by atoms with Crippen LogP contribution < -0.4 is 10.6 Å². The molecule has 2 aliphatic rings. The van der Waals surface area contributed by atoms with E-state index in [1.54, 1.807) is 7.11 Å². The first-order chi connectivity index (χ1) is 14.3. The summed E-state index contributed by atoms with van der Waals surface area (Å²) in [5.74, 6) is 7.04. The molecule has 1 fully saturated rings. The quantitative estimate of drug-likeness (QED) is 0.723. The second-order valence-electron chi connectivity index (χ2n) is 8.51. The standard InChI is InChI=1S/C23H27ClN4O2/c1-22(11-12-30-2)15-28(20-18(24)14-26-21(25)27-20)19-13-16(5-6-17(19)22)7-10-23(29)8-3-4-9-23/h5-6,13-14,29H,3-4,8-9,11-12,15H2,1-2H3,(H2,25,26,27). The van der Waals surface area contributed by atoms with Crippen molar-refractivity contribution in [1.82, 2.24) is 9.97 Å². The van der Waals surface area contributed by atoms with Crippen LogP contribution in [0.5, 0.6) is 0 Å². The number of halogens is 1. The smallest absolute Gasteiger partial charge is 0.222 e. The predicted octanol–water partition coefficient (Wildman–Crippen LogP) is 3.81. The fraction of sp³-hybridized carbons (Fsp3) is 0.478. The van der Waals surface area contributed by atoms with Crippen LogP contribution in [0.4, 0.5) is 17.5 Å². The van der Waals surface area contributed by atoms with E-state index < -0.39 is 5.60 Å². The average Bonchev–Trinajstić information content (AvgIpc) is 3.29. The van der Waals surface area contributed by atoms with Gasteiger partial charge < -0.3 is 20.5 Å². The van der Waals surface area contributed by atoms with Gasteiger partial charge in [0.2, 0.25) is 5.95 Å². The van der Waals surface area contributed by atoms with Gasteiger partial charge in [0.1, 0.15) is 10.6 Å². The number of hydrogen-bond acceptors (Lipinski definition) is 6. The van der Waals surface area contributed by atoms with Crippen LogP contribution in [0, 0.1) is 11.8 Å². The molecule has 1 aliphatic heterocycles. The molecule has 1 aromatic heterocycles. The van der Waals surface area contributed by atoms with Gasteiger partial charge >= 0.3 is 0 Å². The highest BCUT2D eigenvalue weighted by Crippen LogP contribution is 2.47. The van der Waals surface area contributed by atoms with Gasteiger partial charge in [0.25, 0.3) is 0 Å². The third kappa shape index (κ3) is 3.98. The van der Waals surface area contributed by atoms with Gasteiger partial charge in [0, 0.05) is 36.9 Å². The van der Waals surface area contributed by atoms with Crippen LogP contribution in [0.1, 0.15) is 50.2 Å². The number of nitrogen functional groups attached to an aromatic ring is 1. The molecule has 158 valence electrons. The van der Waals surface area contributed by atoms with Crippen LogP contribution in [0.2, 0.25) is 5.02 Å². The summed E-state index contributed by atoms with van der Waals surface area (Å²) in [5.41, 5.74) is 7.89. The molecule has 0 bridgehead atoms. The summed E-state index contributed by atoms with van der Waals surface area (Å²) in [4.78, 5) is 10.5. The lowest BCUT2D eigenvalue weighted by Crippen LogP contribution is -2.30. The Bertz CT molecular complexity index is 1010. The number of aliphatic hydroxyl groups is 1. The van der Waals surface area contributed by atoms with E-state index in [0.29, 0.717) is 24.0 Å². The maximum atomic E-state index is 10.6. The number of nitrogens with two attached hydrogens (primary N) is 1. The first kappa shape index (κ1) is 20.9. The molecule has 4 rings (SSSR count). The molecule has 1 unspecified atom stereocenters. The minimum absolute atomic E-state index is 0.135. The molecule has 0 amide bonds. The minimum atomic E-state index is -0.865. The van der Waals surface area contributed by atoms with E-state index >= 15 is 0 Å². The molecule has 0 spiro atoms. The zero-order valence-corrected chi connectivity index (χ0v) is 18.2. The Kier molecular flexibility index (Phi) is 5.63. The number of aromatic nitrogens is 2. The Labute approximate surface area is 182 Å². The number of anilines is 3. The van der Waals surface area contributed by atoms with Gasteiger partial charge in [0.05, 0.1) is 6.20 Å². The number of fused-ring (bicyclic) bond motifs is 1. The maximum Gasteiger partial charge on any atom is 0.222 e. The number of nitrogens with zero attached hydrogens (tertiary/aromatic N) is 3. The monoisotopic (exact) mass is 426 g/mol. The van der Waals surface area contributed by atoms with Crippen molar-refractivity contribution in [2.24, 2.45) is 0 Å². The molecular formula is C23H27ClN4O2. The van der Waals surface area contributed by atoms with E-state index in [1.807, 2.05) is 12.1 Å². The third-order valence-electron chi connectivity index (χ3n) is 6.17. The molecule has 2 aromatic rings. The Hall–Kier alpha value is -2.33. The van der Waals surface area contributed by atoms with Crippen LogP contribution in [-0.2, 0) is 10.2 Å². The topological polar surface area (TPSA) is 84.5 Å². The first-order valence-corrected chi connectivity index (χ1v) is 10.7. The van der Waals surface area contributed by atoms with Gasteiger partial charge in [-0.15, -0.1) is 0 Å². The SMILES string of the molecule is COCCC1(C)CN(c2nc(N)ncc2Cl)c2cc(C#CC3(O)CCCC3)ccc21. The summed E-state index contributed by atoms with van der Waals surface area (Å²) < 4.78 is 5.36. The zero-order valence-electron chi connectivity index (χ0n) is 17.4. The van der Waals surface area contributed by atoms with Crippen molar-refractivity contribution in [3.05, 3.63) is 40.5 Å². The summed E-state index contributed by atoms with van der Waals surface area (Å²) in [7, 11) is 1.71. The molecule has 3 N–H and O–H groups in total. The van der Waals surface area contributed by atoms with E-state index in [9.17, 15) is 5.11 Å². The van der Waals surface area contributed by atoms with Crippen LogP contribution in [0.3, 0.4) is 0 Å². The van der Waals surface area contributed by atoms with Gasteiger partial charge in [-0.1, -0.05) is 36.4 Å². The Morgan fingerprint density at radius 1 is 1.33 bits per heavy atom. The largest absolute Gasteiger partial charge is 0.385 e. The van der Waals surface area contributed by atoms with Crippen LogP contribution >= 0.6 is 11.6 Å². The van der Waals surface area contributed by atoms with Crippen molar-refractivity contribution in [3.63, 3.8) is 0 Å². The fourth-order valence-corrected chi connectivity index (χ4v) is 4.62. The van der Waals surface area contributed by atoms with E-state index in [2.05, 4.69) is 39.7 Å². The molecule has 2 heterocycles. The van der Waals surface area contributed by atoms with E-state index in [4.69, 9.17) is 22.1 Å². The van der Waals surface area contributed by atoms with Gasteiger partial charge in [-0.3, -0.25) is 0 Å². The number of rotatable bonds is 4. The highest BCUT2D eigenvalue weighted by atomic mass is 35.5. The van der Waals surface area contributed by atoms with Crippen molar-refractivity contribution in [3.8, 4) is 11.8 Å². The molecule has 1 atom stereocenters. The van der Waals surface area contributed by atoms with Crippen LogP contribution in [0.25, 0.3) is 0 Å². The number of benzene rings is 1. The van der Waals surface area contributed by atoms with E-state index in [1.165, 1.54) is 11.8 Å². The molecule has 0 saturated heterocycles. The lowest BCUT2D eigenvalue weighted by atomic mass is 9.81. The second kappa shape index (κ2) is 8.07. The molecule has 7 heteroatoms. The highest BCUT2D eigenvalue weighted by Gasteiger charge is 2.40. The summed E-state index contributed by atoms with van der Waals surface area (Å²) in [6, 6.07) is 6.19. The number of ether oxygens (including phenoxy) is 1. The Morgan fingerprint density at radius 3 is 2.83 bits per heavy atom. The number of methoxy groups -OCH3 is 1. The summed E-state index contributed by atoms with van der Waals surface area (Å²) in [5, 5.41) is 11.0. The van der Waals surface area contributed by atoms with Crippen LogP contribution in [0.15, 0.2) is 24.4 Å². The normalized spacial score (nSPS) is 21.9. The second-order valence-corrected chi connectivity index (χ2v) is 8.92. The molecular weight excluding hydrogens is 400 g/mol. The fourth-order valence-electron chi connectivity index (χ4n) is 4.43. The van der Waals surface area contributed by atoms with Gasteiger partial charge in [0.15, 0.2) is 5.82 Å². The summed E-state index contributed by atoms with van der Waals surface area (Å²) in [6.45, 7) is 3.57. The molecule has 30 heavy (non-hydrogen) atoms. The van der Waals surface area contributed by atoms with Crippen molar-refractivity contribution in [2.45, 2.75) is 50.0 Å². The number of hydrogen-bond donors (Lipinski definition) is 2. The first-order valence-electron chi connectivity index (χ1n) is 10.3. The Balaban J connectivity index is 1.76. The summed E-state index contributed by atoms with van der Waals surface area (Å²) >= 11 is 6.44. The lowest BCUT2D eigenvalue weighted by molar-refractivity contribution is 0.110. The van der Waals surface area contributed by atoms with Crippen molar-refractivity contribution in [2.75, 3.05) is 30.9 Å². The van der Waals surface area contributed by atoms with E-state index in [-0.39, 0.29) is 11.4 Å². The molecule has 0 radical (unpaired) electrons. The predicted molar refractivity (Wildman–Crippen MR) is 119 cm³/mol. The van der Waals surface area contributed by atoms with Gasteiger partial charge in [-0.25, -0.2) is 4.98 Å². The molecule has 1 saturated carbocycles. The lowest BCUT2D eigenvalue weighted by Gasteiger charge is -2.26. The molecule has 1 aromatic carbocycles. The van der Waals surface area contributed by atoms with Crippen molar-refractivity contribution < 1.29 is 9.84 Å². The van der Waals surface area contributed by atoms with Crippen LogP contribution in [-0.4, -0.2) is 40.9 Å². The zero-order chi connectivity index (χ0) is 21.4. The third-order valence-corrected chi connectivity index (χ3v) is 6.44. The van der Waals surface area contributed by atoms with Gasteiger partial charge in [-0.2, -0.15) is 4.98 Å². The molecule has 1 aliphatic carbocycles. The van der Waals surface area contributed by atoms with E-state index in [0.717, 1.165) is 43.4 Å². The van der Waals surface area contributed by atoms with Crippen molar-refractivity contribution >= 4 is 29.1 Å². The maximum absolute atomic E-state index is 10.6. The van der Waals surface area contributed by atoms with Gasteiger partial charge in [-0.05, 0) is 49.8 Å². The Morgan fingerprint density at radius 2 is 2.10 bits per heavy atom. The summed E-state index contributed by atoms with van der Waals surface area (Å²) in [6.07, 6.45) is 5.91. The average molecular weight is 427 g/mol.